The van der Waals surface area contributed by atoms with Gasteiger partial charge in [-0.05, 0) is 65.0 Å². The Morgan fingerprint density at radius 2 is 0.625 bits per heavy atom. The fourth-order valence-corrected chi connectivity index (χ4v) is 1.20. The fraction of sp³-hybridized carbons (Fsp3) is 1.00. The third-order valence-corrected chi connectivity index (χ3v) is 2.07. The molecule has 0 aliphatic carbocycles. The molecule has 0 atom stereocenters. The van der Waals surface area contributed by atoms with E-state index >= 15 is 0 Å². The summed E-state index contributed by atoms with van der Waals surface area (Å²) in [7, 11) is 0. The Morgan fingerprint density at radius 1 is 0.417 bits per heavy atom. The van der Waals surface area contributed by atoms with Gasteiger partial charge in [-0.3, -0.25) is 0 Å². The van der Waals surface area contributed by atoms with Crippen LogP contribution in [0.5, 0.6) is 0 Å². The summed E-state index contributed by atoms with van der Waals surface area (Å²) in [5.74, 6) is 0. The van der Waals surface area contributed by atoms with Crippen molar-refractivity contribution in [2.24, 2.45) is 11.5 Å². The van der Waals surface area contributed by atoms with Gasteiger partial charge in [0.05, 0.1) is 0 Å². The molecule has 14 heteroatoms. The van der Waals surface area contributed by atoms with Crippen LogP contribution < -0.4 is 121 Å². The van der Waals surface area contributed by atoms with Crippen LogP contribution in [0.25, 0.3) is 0 Å². The van der Waals surface area contributed by atoms with Gasteiger partial charge in [-0.2, -0.15) is 0 Å². The van der Waals surface area contributed by atoms with Crippen LogP contribution in [0.15, 0.2) is 0 Å². The van der Waals surface area contributed by atoms with Crippen LogP contribution in [0.3, 0.4) is 0 Å². The van der Waals surface area contributed by atoms with Crippen LogP contribution in [0.1, 0.15) is 25.7 Å². The van der Waals surface area contributed by atoms with Gasteiger partial charge < -0.3 is 121 Å². The quantitative estimate of drug-likeness (QED) is 0.156. The molecule has 0 fully saturated rings. The predicted molar refractivity (Wildman–Crippen MR) is 62.3 cm³/mol. The summed E-state index contributed by atoms with van der Waals surface area (Å²) in [6, 6.07) is 0. The van der Waals surface area contributed by atoms with Crippen LogP contribution in [-0.4, -0.2) is 39.3 Å². The van der Waals surface area contributed by atoms with Crippen molar-refractivity contribution in [1.82, 2.24) is 10.6 Å². The Hall–Kier alpha value is 3.54. The smallest absolute Gasteiger partial charge is 1.00 e. The second kappa shape index (κ2) is 71.7. The van der Waals surface area contributed by atoms with Crippen molar-refractivity contribution in [1.29, 1.82) is 0 Å². The molecule has 6 N–H and O–H groups in total. The Bertz CT molecular complexity index is 117. The molecular formula is C10H26Cl8N4Pt2-4. The van der Waals surface area contributed by atoms with E-state index in [0.717, 1.165) is 52.1 Å². The Morgan fingerprint density at radius 3 is 0.833 bits per heavy atom. The van der Waals surface area contributed by atoms with Crippen molar-refractivity contribution in [2.45, 2.75) is 25.7 Å². The van der Waals surface area contributed by atoms with Crippen molar-refractivity contribution in [2.75, 3.05) is 39.3 Å². The number of rotatable bonds is 11. The third kappa shape index (κ3) is 72.8. The Labute approximate surface area is 226 Å². The second-order valence-electron chi connectivity index (χ2n) is 3.49. The molecule has 0 bridgehead atoms. The molecule has 0 heterocycles. The van der Waals surface area contributed by atoms with Gasteiger partial charge in [0.25, 0.3) is 0 Å². The van der Waals surface area contributed by atoms with Crippen LogP contribution in [0, 0.1) is 0 Å². The minimum atomic E-state index is 0. The molecule has 166 valence electrons. The van der Waals surface area contributed by atoms with Crippen LogP contribution in [0.2, 0.25) is 0 Å². The maximum atomic E-state index is 5.38. The van der Waals surface area contributed by atoms with Crippen LogP contribution in [0.4, 0.5) is 0 Å². The van der Waals surface area contributed by atoms with Crippen molar-refractivity contribution < 1.29 is 141 Å². The molecule has 0 spiro atoms. The van der Waals surface area contributed by atoms with Crippen molar-refractivity contribution in [3.8, 4) is 0 Å². The van der Waals surface area contributed by atoms with Crippen molar-refractivity contribution in [3.05, 3.63) is 0 Å². The molecule has 4 nitrogen and oxygen atoms in total. The summed E-state index contributed by atoms with van der Waals surface area (Å²) >= 11 is 0. The zero-order valence-corrected chi connectivity index (χ0v) is 23.5. The summed E-state index contributed by atoms with van der Waals surface area (Å²) < 4.78 is 0. The van der Waals surface area contributed by atoms with Gasteiger partial charge >= 0.3 is 42.1 Å². The SMILES string of the molecule is NCCCNCCCCNCCCN.[Cl-].[Cl-].[Cl-].[Cl-].[Cl-].[Cl-].[Cl-].[Cl-].[Pt+2].[Pt+2]. The summed E-state index contributed by atoms with van der Waals surface area (Å²) in [5, 5.41) is 6.72. The summed E-state index contributed by atoms with van der Waals surface area (Å²) in [6.45, 7) is 5.90. The molecule has 0 saturated carbocycles. The normalized spacial score (nSPS) is 6.25. The molecule has 0 rings (SSSR count). The van der Waals surface area contributed by atoms with Gasteiger partial charge in [0, 0.05) is 0 Å². The zero-order valence-electron chi connectivity index (χ0n) is 12.9. The van der Waals surface area contributed by atoms with E-state index in [0.29, 0.717) is 0 Å². The van der Waals surface area contributed by atoms with E-state index in [2.05, 4.69) is 10.6 Å². The molecule has 24 heavy (non-hydrogen) atoms. The fourth-order valence-electron chi connectivity index (χ4n) is 1.20. The van der Waals surface area contributed by atoms with E-state index in [1.807, 2.05) is 0 Å². The first-order valence-electron chi connectivity index (χ1n) is 5.73. The van der Waals surface area contributed by atoms with Gasteiger partial charge in [0.15, 0.2) is 0 Å². The molecule has 0 aromatic carbocycles. The van der Waals surface area contributed by atoms with Crippen LogP contribution in [-0.2, 0) is 42.1 Å². The van der Waals surface area contributed by atoms with Gasteiger partial charge in [-0.15, -0.1) is 0 Å². The summed E-state index contributed by atoms with van der Waals surface area (Å²) in [4.78, 5) is 0. The van der Waals surface area contributed by atoms with Gasteiger partial charge in [0.1, 0.15) is 0 Å². The summed E-state index contributed by atoms with van der Waals surface area (Å²) in [6.07, 6.45) is 4.63. The number of hydrogen-bond donors (Lipinski definition) is 4. The first-order valence-corrected chi connectivity index (χ1v) is 5.73. The molecule has 0 radical (unpaired) electrons. The van der Waals surface area contributed by atoms with Gasteiger partial charge in [-0.1, -0.05) is 0 Å². The average molecular weight is 876 g/mol. The van der Waals surface area contributed by atoms with Crippen LogP contribution >= 0.6 is 0 Å². The number of unbranched alkanes of at least 4 members (excludes halogenated alkanes) is 1. The maximum Gasteiger partial charge on any atom is 2.00 e. The van der Waals surface area contributed by atoms with Crippen molar-refractivity contribution >= 4 is 0 Å². The summed E-state index contributed by atoms with van der Waals surface area (Å²) in [5.41, 5.74) is 10.8. The monoisotopic (exact) mass is 872 g/mol. The van der Waals surface area contributed by atoms with E-state index in [4.69, 9.17) is 11.5 Å². The Balaban J connectivity index is -0.0000000188. The van der Waals surface area contributed by atoms with E-state index in [-0.39, 0.29) is 141 Å². The molecule has 0 aliphatic rings. The average Bonchev–Trinajstić information content (AvgIpc) is 2.21. The first-order chi connectivity index (χ1) is 6.91. The number of halogens is 8. The topological polar surface area (TPSA) is 76.1 Å². The minimum Gasteiger partial charge on any atom is -1.00 e. The maximum absolute atomic E-state index is 5.38. The molecule has 0 unspecified atom stereocenters. The third-order valence-electron chi connectivity index (χ3n) is 2.07. The largest absolute Gasteiger partial charge is 2.00 e. The molecule has 0 aromatic heterocycles. The van der Waals surface area contributed by atoms with Gasteiger partial charge in [-0.25, -0.2) is 0 Å². The van der Waals surface area contributed by atoms with Gasteiger partial charge in [0.2, 0.25) is 0 Å². The molecule has 0 aromatic rings. The second-order valence-corrected chi connectivity index (χ2v) is 3.49. The molecular weight excluding hydrogens is 850 g/mol. The number of hydrogen-bond acceptors (Lipinski definition) is 4. The molecule has 0 amide bonds. The minimum absolute atomic E-state index is 0. The molecule has 0 aliphatic heterocycles. The van der Waals surface area contributed by atoms with E-state index in [9.17, 15) is 0 Å². The standard InChI is InChI=1S/C10H26N4.8ClH.2Pt/c11-5-3-9-13-7-1-2-8-14-10-4-6-12;;;;;;;;;;/h13-14H,1-12H2;8*1H;;/q;;;;;;;;;2*+2/p-8. The zero-order chi connectivity index (χ0) is 10.5. The number of nitrogens with one attached hydrogen (secondary N) is 2. The van der Waals surface area contributed by atoms with E-state index in [1.54, 1.807) is 0 Å². The number of nitrogens with two attached hydrogens (primary N) is 2. The van der Waals surface area contributed by atoms with E-state index < -0.39 is 0 Å². The Kier molecular flexibility index (Phi) is 212. The van der Waals surface area contributed by atoms with E-state index in [1.165, 1.54) is 12.8 Å². The van der Waals surface area contributed by atoms with Crippen molar-refractivity contribution in [3.63, 3.8) is 0 Å². The predicted octanol–water partition coefficient (Wildman–Crippen LogP) is -24.3. The first kappa shape index (κ1) is 70.9. The molecule has 0 saturated heterocycles.